The first-order chi connectivity index (χ1) is 12.8. The standard InChI is InChI=1S/C21H25N3O2/c25-20(22-13-5-1-2-6-14-22)12-8-16-24-18-10-4-3-9-17(18)23-15-7-11-19(23)21(24)26/h3-4,7,9-11,15H,1-2,5-6,8,12-14,16H2. The molecule has 0 spiro atoms. The molecule has 0 bridgehead atoms. The molecule has 1 aliphatic heterocycles. The van der Waals surface area contributed by atoms with Crippen LogP contribution in [-0.2, 0) is 11.3 Å². The van der Waals surface area contributed by atoms with Gasteiger partial charge in [0.1, 0.15) is 5.52 Å². The minimum Gasteiger partial charge on any atom is -0.343 e. The average molecular weight is 351 g/mol. The monoisotopic (exact) mass is 351 g/mol. The first-order valence-corrected chi connectivity index (χ1v) is 9.62. The minimum absolute atomic E-state index is 0.0101. The zero-order valence-electron chi connectivity index (χ0n) is 15.1. The highest BCUT2D eigenvalue weighted by atomic mass is 16.2. The summed E-state index contributed by atoms with van der Waals surface area (Å²) >= 11 is 0. The third-order valence-corrected chi connectivity index (χ3v) is 5.38. The van der Waals surface area contributed by atoms with Gasteiger partial charge >= 0.3 is 0 Å². The topological polar surface area (TPSA) is 46.7 Å². The molecule has 136 valence electrons. The summed E-state index contributed by atoms with van der Waals surface area (Å²) in [5.74, 6) is 0.230. The Kier molecular flexibility index (Phi) is 4.78. The van der Waals surface area contributed by atoms with Crippen LogP contribution in [0.1, 0.15) is 38.5 Å². The number of para-hydroxylation sites is 2. The van der Waals surface area contributed by atoms with E-state index in [0.29, 0.717) is 24.9 Å². The second kappa shape index (κ2) is 7.36. The van der Waals surface area contributed by atoms with Crippen molar-refractivity contribution in [2.75, 3.05) is 13.1 Å². The third-order valence-electron chi connectivity index (χ3n) is 5.38. The van der Waals surface area contributed by atoms with Crippen LogP contribution in [0.2, 0.25) is 0 Å². The Bertz CT molecular complexity index is 978. The first-order valence-electron chi connectivity index (χ1n) is 9.62. The second-order valence-corrected chi connectivity index (χ2v) is 7.11. The van der Waals surface area contributed by atoms with E-state index >= 15 is 0 Å². The van der Waals surface area contributed by atoms with Gasteiger partial charge in [-0.25, -0.2) is 0 Å². The van der Waals surface area contributed by atoms with Gasteiger partial charge in [0.05, 0.1) is 11.0 Å². The SMILES string of the molecule is O=C(CCCn1c(=O)c2cccn2c2ccccc21)N1CCCCCC1. The number of fused-ring (bicyclic) bond motifs is 3. The summed E-state index contributed by atoms with van der Waals surface area (Å²) in [6.07, 6.45) is 7.79. The first kappa shape index (κ1) is 16.9. The van der Waals surface area contributed by atoms with Crippen LogP contribution in [0, 0.1) is 0 Å². The van der Waals surface area contributed by atoms with Crippen LogP contribution < -0.4 is 5.56 Å². The number of nitrogens with zero attached hydrogens (tertiary/aromatic N) is 3. The molecule has 0 N–H and O–H groups in total. The number of amides is 1. The number of hydrogen-bond donors (Lipinski definition) is 0. The number of aryl methyl sites for hydroxylation is 1. The van der Waals surface area contributed by atoms with Gasteiger partial charge in [0, 0.05) is 32.3 Å². The Labute approximate surface area is 152 Å². The molecular weight excluding hydrogens is 326 g/mol. The van der Waals surface area contributed by atoms with Gasteiger partial charge < -0.3 is 13.9 Å². The maximum Gasteiger partial charge on any atom is 0.275 e. The Hall–Kier alpha value is -2.56. The Morgan fingerprint density at radius 3 is 2.35 bits per heavy atom. The zero-order valence-corrected chi connectivity index (χ0v) is 15.1. The van der Waals surface area contributed by atoms with E-state index in [1.165, 1.54) is 12.8 Å². The van der Waals surface area contributed by atoms with Gasteiger partial charge in [-0.15, -0.1) is 0 Å². The second-order valence-electron chi connectivity index (χ2n) is 7.11. The summed E-state index contributed by atoms with van der Waals surface area (Å²) in [6.45, 7) is 2.34. The number of aromatic nitrogens is 2. The predicted octanol–water partition coefficient (Wildman–Crippen LogP) is 3.44. The van der Waals surface area contributed by atoms with Gasteiger partial charge in [0.15, 0.2) is 0 Å². The van der Waals surface area contributed by atoms with E-state index in [2.05, 4.69) is 0 Å². The molecule has 1 aliphatic rings. The molecule has 26 heavy (non-hydrogen) atoms. The van der Waals surface area contributed by atoms with Crippen LogP contribution in [0.25, 0.3) is 16.6 Å². The summed E-state index contributed by atoms with van der Waals surface area (Å²) in [5, 5.41) is 0. The van der Waals surface area contributed by atoms with Crippen LogP contribution in [-0.4, -0.2) is 32.9 Å². The van der Waals surface area contributed by atoms with Gasteiger partial charge in [0.2, 0.25) is 5.91 Å². The normalized spacial score (nSPS) is 15.5. The van der Waals surface area contributed by atoms with Crippen molar-refractivity contribution in [1.29, 1.82) is 0 Å². The predicted molar refractivity (Wildman–Crippen MR) is 103 cm³/mol. The highest BCUT2D eigenvalue weighted by molar-refractivity contribution is 5.79. The minimum atomic E-state index is 0.0101. The Morgan fingerprint density at radius 1 is 0.885 bits per heavy atom. The molecular formula is C21H25N3O2. The molecule has 1 saturated heterocycles. The molecule has 3 heterocycles. The van der Waals surface area contributed by atoms with Crippen LogP contribution in [0.4, 0.5) is 0 Å². The summed E-state index contributed by atoms with van der Waals surface area (Å²) in [6, 6.07) is 11.7. The summed E-state index contributed by atoms with van der Waals surface area (Å²) in [4.78, 5) is 27.4. The van der Waals surface area contributed by atoms with Crippen LogP contribution in [0.5, 0.6) is 0 Å². The van der Waals surface area contributed by atoms with E-state index in [1.807, 2.05) is 56.5 Å². The zero-order chi connectivity index (χ0) is 17.9. The van der Waals surface area contributed by atoms with E-state index in [1.54, 1.807) is 0 Å². The van der Waals surface area contributed by atoms with E-state index < -0.39 is 0 Å². The van der Waals surface area contributed by atoms with E-state index in [9.17, 15) is 9.59 Å². The van der Waals surface area contributed by atoms with Crippen LogP contribution >= 0.6 is 0 Å². The van der Waals surface area contributed by atoms with Crippen molar-refractivity contribution in [3.05, 3.63) is 52.9 Å². The number of carbonyl (C=O) groups is 1. The molecule has 0 radical (unpaired) electrons. The fourth-order valence-corrected chi connectivity index (χ4v) is 4.00. The van der Waals surface area contributed by atoms with Crippen LogP contribution in [0.3, 0.4) is 0 Å². The van der Waals surface area contributed by atoms with Gasteiger partial charge in [-0.2, -0.15) is 0 Å². The van der Waals surface area contributed by atoms with Crippen molar-refractivity contribution in [3.63, 3.8) is 0 Å². The van der Waals surface area contributed by atoms with Crippen molar-refractivity contribution in [1.82, 2.24) is 13.9 Å². The third kappa shape index (κ3) is 3.14. The lowest BCUT2D eigenvalue weighted by molar-refractivity contribution is -0.131. The number of likely N-dealkylation sites (tertiary alicyclic amines) is 1. The van der Waals surface area contributed by atoms with Crippen molar-refractivity contribution in [3.8, 4) is 0 Å². The van der Waals surface area contributed by atoms with E-state index in [0.717, 1.165) is 37.0 Å². The lowest BCUT2D eigenvalue weighted by atomic mass is 10.2. The molecule has 1 amide bonds. The molecule has 2 aromatic heterocycles. The molecule has 0 saturated carbocycles. The van der Waals surface area contributed by atoms with E-state index in [4.69, 9.17) is 0 Å². The lowest BCUT2D eigenvalue weighted by Crippen LogP contribution is -2.32. The number of benzene rings is 1. The smallest absolute Gasteiger partial charge is 0.275 e. The molecule has 0 aliphatic carbocycles. The van der Waals surface area contributed by atoms with Crippen molar-refractivity contribution in [2.24, 2.45) is 0 Å². The summed E-state index contributed by atoms with van der Waals surface area (Å²) < 4.78 is 3.76. The van der Waals surface area contributed by atoms with Crippen LogP contribution in [0.15, 0.2) is 47.4 Å². The maximum atomic E-state index is 12.9. The fraction of sp³-hybridized carbons (Fsp3) is 0.429. The molecule has 1 aromatic carbocycles. The number of carbonyl (C=O) groups excluding carboxylic acids is 1. The quantitative estimate of drug-likeness (QED) is 0.723. The number of hydrogen-bond acceptors (Lipinski definition) is 2. The van der Waals surface area contributed by atoms with Gasteiger partial charge in [-0.3, -0.25) is 9.59 Å². The summed E-state index contributed by atoms with van der Waals surface area (Å²) in [7, 11) is 0. The average Bonchev–Trinajstić information content (AvgIpc) is 3.00. The molecule has 5 heteroatoms. The van der Waals surface area contributed by atoms with Gasteiger partial charge in [0.25, 0.3) is 5.56 Å². The molecule has 3 aromatic rings. The largest absolute Gasteiger partial charge is 0.343 e. The Morgan fingerprint density at radius 2 is 1.58 bits per heavy atom. The molecule has 5 nitrogen and oxygen atoms in total. The maximum absolute atomic E-state index is 12.9. The van der Waals surface area contributed by atoms with Gasteiger partial charge in [-0.05, 0) is 43.5 Å². The highest BCUT2D eigenvalue weighted by Gasteiger charge is 2.16. The van der Waals surface area contributed by atoms with Gasteiger partial charge in [-0.1, -0.05) is 25.0 Å². The Balaban J connectivity index is 1.54. The lowest BCUT2D eigenvalue weighted by Gasteiger charge is -2.20. The molecule has 0 unspecified atom stereocenters. The molecule has 4 rings (SSSR count). The van der Waals surface area contributed by atoms with Crippen molar-refractivity contribution >= 4 is 22.5 Å². The fourth-order valence-electron chi connectivity index (χ4n) is 4.00. The van der Waals surface area contributed by atoms with Crippen molar-refractivity contribution in [2.45, 2.75) is 45.1 Å². The highest BCUT2D eigenvalue weighted by Crippen LogP contribution is 2.16. The van der Waals surface area contributed by atoms with E-state index in [-0.39, 0.29) is 11.5 Å². The van der Waals surface area contributed by atoms with Crippen molar-refractivity contribution < 1.29 is 4.79 Å². The molecule has 0 atom stereocenters. The number of rotatable bonds is 4. The summed E-state index contributed by atoms with van der Waals surface area (Å²) in [5.41, 5.74) is 2.63. The molecule has 1 fully saturated rings.